The molecule has 0 aliphatic rings. The Hall–Kier alpha value is -0.890. The third-order valence-corrected chi connectivity index (χ3v) is 3.30. The SMILES string of the molecule is CCNC(CC(C)CC(C)(C)C)c1cccc(F)c1. The molecule has 0 amide bonds. The predicted octanol–water partition coefficient (Wildman–Crippen LogP) is 4.94. The summed E-state index contributed by atoms with van der Waals surface area (Å²) in [7, 11) is 0. The van der Waals surface area contributed by atoms with Crippen LogP contribution in [-0.4, -0.2) is 6.54 Å². The van der Waals surface area contributed by atoms with E-state index in [2.05, 4.69) is 39.9 Å². The maximum absolute atomic E-state index is 13.3. The van der Waals surface area contributed by atoms with Crippen LogP contribution >= 0.6 is 0 Å². The average molecular weight is 265 g/mol. The summed E-state index contributed by atoms with van der Waals surface area (Å²) in [5, 5.41) is 3.48. The third-order valence-electron chi connectivity index (χ3n) is 3.30. The first kappa shape index (κ1) is 16.2. The van der Waals surface area contributed by atoms with Crippen molar-refractivity contribution in [1.82, 2.24) is 5.32 Å². The van der Waals surface area contributed by atoms with Crippen LogP contribution in [0.4, 0.5) is 4.39 Å². The Bertz CT molecular complexity index is 381. The zero-order valence-electron chi connectivity index (χ0n) is 13.0. The molecule has 0 spiro atoms. The molecule has 0 heterocycles. The minimum atomic E-state index is -0.149. The molecule has 1 aromatic carbocycles. The van der Waals surface area contributed by atoms with Crippen molar-refractivity contribution in [1.29, 1.82) is 0 Å². The Kier molecular flexibility index (Phi) is 5.99. The molecular weight excluding hydrogens is 237 g/mol. The van der Waals surface area contributed by atoms with Gasteiger partial charge in [-0.1, -0.05) is 46.8 Å². The molecule has 2 heteroatoms. The predicted molar refractivity (Wildman–Crippen MR) is 80.7 cm³/mol. The van der Waals surface area contributed by atoms with Crippen molar-refractivity contribution in [3.8, 4) is 0 Å². The Morgan fingerprint density at radius 2 is 1.95 bits per heavy atom. The first-order valence-electron chi connectivity index (χ1n) is 7.30. The van der Waals surface area contributed by atoms with Gasteiger partial charge in [-0.3, -0.25) is 0 Å². The van der Waals surface area contributed by atoms with E-state index in [4.69, 9.17) is 0 Å². The van der Waals surface area contributed by atoms with E-state index in [-0.39, 0.29) is 11.9 Å². The van der Waals surface area contributed by atoms with E-state index in [0.717, 1.165) is 18.5 Å². The summed E-state index contributed by atoms with van der Waals surface area (Å²) in [5.41, 5.74) is 1.40. The second-order valence-electron chi connectivity index (χ2n) is 6.77. The van der Waals surface area contributed by atoms with Crippen molar-refractivity contribution in [2.24, 2.45) is 11.3 Å². The molecule has 0 aromatic heterocycles. The quantitative estimate of drug-likeness (QED) is 0.768. The Morgan fingerprint density at radius 1 is 1.26 bits per heavy atom. The van der Waals surface area contributed by atoms with E-state index in [0.29, 0.717) is 11.3 Å². The van der Waals surface area contributed by atoms with Crippen LogP contribution < -0.4 is 5.32 Å². The number of hydrogen-bond donors (Lipinski definition) is 1. The second kappa shape index (κ2) is 7.04. The van der Waals surface area contributed by atoms with Gasteiger partial charge in [0, 0.05) is 6.04 Å². The molecular formula is C17H28FN. The Morgan fingerprint density at radius 3 is 2.47 bits per heavy atom. The Balaban J connectivity index is 2.73. The van der Waals surface area contributed by atoms with Crippen LogP contribution in [0.15, 0.2) is 24.3 Å². The highest BCUT2D eigenvalue weighted by Crippen LogP contribution is 2.30. The highest BCUT2D eigenvalue weighted by atomic mass is 19.1. The fourth-order valence-electron chi connectivity index (χ4n) is 2.84. The van der Waals surface area contributed by atoms with E-state index in [1.54, 1.807) is 12.1 Å². The van der Waals surface area contributed by atoms with Gasteiger partial charge in [0.15, 0.2) is 0 Å². The second-order valence-corrected chi connectivity index (χ2v) is 6.77. The van der Waals surface area contributed by atoms with Crippen LogP contribution in [0.1, 0.15) is 59.1 Å². The summed E-state index contributed by atoms with van der Waals surface area (Å²) in [6.07, 6.45) is 2.23. The van der Waals surface area contributed by atoms with Crippen molar-refractivity contribution >= 4 is 0 Å². The van der Waals surface area contributed by atoms with Gasteiger partial charge in [-0.25, -0.2) is 4.39 Å². The molecule has 0 fully saturated rings. The third kappa shape index (κ3) is 6.20. The molecule has 0 aliphatic heterocycles. The van der Waals surface area contributed by atoms with Crippen molar-refractivity contribution < 1.29 is 4.39 Å². The van der Waals surface area contributed by atoms with E-state index in [1.165, 1.54) is 12.5 Å². The van der Waals surface area contributed by atoms with Crippen molar-refractivity contribution in [2.45, 2.75) is 53.5 Å². The molecule has 1 nitrogen and oxygen atoms in total. The molecule has 1 N–H and O–H groups in total. The standard InChI is InChI=1S/C17H28FN/c1-6-19-16(10-13(2)12-17(3,4)5)14-8-7-9-15(18)11-14/h7-9,11,13,16,19H,6,10,12H2,1-5H3. The van der Waals surface area contributed by atoms with Gasteiger partial charge in [-0.2, -0.15) is 0 Å². The number of nitrogens with one attached hydrogen (secondary N) is 1. The van der Waals surface area contributed by atoms with Crippen LogP contribution in [0.3, 0.4) is 0 Å². The van der Waals surface area contributed by atoms with Gasteiger partial charge in [-0.15, -0.1) is 0 Å². The monoisotopic (exact) mass is 265 g/mol. The van der Waals surface area contributed by atoms with Crippen molar-refractivity contribution in [3.63, 3.8) is 0 Å². The lowest BCUT2D eigenvalue weighted by Gasteiger charge is -2.27. The highest BCUT2D eigenvalue weighted by molar-refractivity contribution is 5.20. The molecule has 1 rings (SSSR count). The fourth-order valence-corrected chi connectivity index (χ4v) is 2.84. The smallest absolute Gasteiger partial charge is 0.123 e. The van der Waals surface area contributed by atoms with Gasteiger partial charge in [0.2, 0.25) is 0 Å². The normalized spacial score (nSPS) is 15.3. The van der Waals surface area contributed by atoms with E-state index in [9.17, 15) is 4.39 Å². The molecule has 2 unspecified atom stereocenters. The zero-order valence-corrected chi connectivity index (χ0v) is 13.0. The summed E-state index contributed by atoms with van der Waals surface area (Å²) in [6, 6.07) is 7.21. The van der Waals surface area contributed by atoms with Crippen LogP contribution in [-0.2, 0) is 0 Å². The lowest BCUT2D eigenvalue weighted by atomic mass is 9.82. The minimum absolute atomic E-state index is 0.149. The number of rotatable bonds is 6. The van der Waals surface area contributed by atoms with Gasteiger partial charge in [0.1, 0.15) is 5.82 Å². The fraction of sp³-hybridized carbons (Fsp3) is 0.647. The molecule has 0 saturated carbocycles. The average Bonchev–Trinajstić information content (AvgIpc) is 2.26. The van der Waals surface area contributed by atoms with Gasteiger partial charge in [0.25, 0.3) is 0 Å². The van der Waals surface area contributed by atoms with E-state index >= 15 is 0 Å². The van der Waals surface area contributed by atoms with Crippen molar-refractivity contribution in [3.05, 3.63) is 35.6 Å². The van der Waals surface area contributed by atoms with Gasteiger partial charge < -0.3 is 5.32 Å². The Labute approximate surface area is 117 Å². The number of halogens is 1. The van der Waals surface area contributed by atoms with Crippen LogP contribution in [0.25, 0.3) is 0 Å². The molecule has 108 valence electrons. The van der Waals surface area contributed by atoms with Gasteiger partial charge in [0.05, 0.1) is 0 Å². The molecule has 2 atom stereocenters. The maximum Gasteiger partial charge on any atom is 0.123 e. The molecule has 0 aliphatic carbocycles. The van der Waals surface area contributed by atoms with Gasteiger partial charge >= 0.3 is 0 Å². The maximum atomic E-state index is 13.3. The summed E-state index contributed by atoms with van der Waals surface area (Å²) < 4.78 is 13.3. The molecule has 0 bridgehead atoms. The first-order chi connectivity index (χ1) is 8.81. The molecule has 19 heavy (non-hydrogen) atoms. The number of hydrogen-bond acceptors (Lipinski definition) is 1. The van der Waals surface area contributed by atoms with E-state index in [1.807, 2.05) is 6.07 Å². The lowest BCUT2D eigenvalue weighted by Crippen LogP contribution is -2.24. The van der Waals surface area contributed by atoms with Crippen LogP contribution in [0, 0.1) is 17.2 Å². The van der Waals surface area contributed by atoms with E-state index < -0.39 is 0 Å². The summed E-state index contributed by atoms with van der Waals surface area (Å²) in [4.78, 5) is 0. The first-order valence-corrected chi connectivity index (χ1v) is 7.30. The highest BCUT2D eigenvalue weighted by Gasteiger charge is 2.20. The topological polar surface area (TPSA) is 12.0 Å². The van der Waals surface area contributed by atoms with Crippen LogP contribution in [0.5, 0.6) is 0 Å². The van der Waals surface area contributed by atoms with Crippen LogP contribution in [0.2, 0.25) is 0 Å². The van der Waals surface area contributed by atoms with Crippen molar-refractivity contribution in [2.75, 3.05) is 6.54 Å². The zero-order chi connectivity index (χ0) is 14.5. The summed E-state index contributed by atoms with van der Waals surface area (Å²) in [5.74, 6) is 0.469. The van der Waals surface area contributed by atoms with Gasteiger partial charge in [-0.05, 0) is 48.4 Å². The minimum Gasteiger partial charge on any atom is -0.310 e. The molecule has 0 radical (unpaired) electrons. The largest absolute Gasteiger partial charge is 0.310 e. The molecule has 1 aromatic rings. The number of benzene rings is 1. The summed E-state index contributed by atoms with van der Waals surface area (Å²) >= 11 is 0. The summed E-state index contributed by atoms with van der Waals surface area (Å²) in [6.45, 7) is 12.1. The molecule has 0 saturated heterocycles. The lowest BCUT2D eigenvalue weighted by molar-refractivity contribution is 0.276.